The molecule has 0 spiro atoms. The van der Waals surface area contributed by atoms with Crippen molar-refractivity contribution in [3.8, 4) is 0 Å². The molecule has 1 N–H and O–H groups in total. The van der Waals surface area contributed by atoms with E-state index in [9.17, 15) is 8.42 Å². The maximum absolute atomic E-state index is 11.4. The number of nitrogens with one attached hydrogen (secondary N) is 1. The zero-order valence-corrected chi connectivity index (χ0v) is 12.4. The molecule has 7 heteroatoms. The molecular formula is C13H17N3O3S. The highest BCUT2D eigenvalue weighted by Crippen LogP contribution is 2.16. The standard InChI is InChI=1S/C13H17N3O3S/c1-9(14-8-13-15-10(2)16-19-13)11-4-6-12(7-5-11)20(3,17)18/h4-7,9,14H,8H2,1-3H3. The molecule has 2 aromatic rings. The first-order chi connectivity index (χ1) is 9.36. The van der Waals surface area contributed by atoms with E-state index in [2.05, 4.69) is 15.5 Å². The molecule has 0 bridgehead atoms. The van der Waals surface area contributed by atoms with Crippen LogP contribution in [0.3, 0.4) is 0 Å². The third-order valence-electron chi connectivity index (χ3n) is 2.94. The molecule has 0 radical (unpaired) electrons. The SMILES string of the molecule is Cc1noc(CNC(C)c2ccc(S(C)(=O)=O)cc2)n1. The number of hydrogen-bond acceptors (Lipinski definition) is 6. The predicted molar refractivity (Wildman–Crippen MR) is 73.8 cm³/mol. The van der Waals surface area contributed by atoms with Crippen LogP contribution < -0.4 is 5.32 Å². The average Bonchev–Trinajstić information content (AvgIpc) is 2.81. The smallest absolute Gasteiger partial charge is 0.240 e. The average molecular weight is 295 g/mol. The third kappa shape index (κ3) is 3.64. The fourth-order valence-electron chi connectivity index (χ4n) is 1.77. The minimum absolute atomic E-state index is 0.0517. The van der Waals surface area contributed by atoms with Gasteiger partial charge in [-0.25, -0.2) is 8.42 Å². The van der Waals surface area contributed by atoms with E-state index in [-0.39, 0.29) is 6.04 Å². The summed E-state index contributed by atoms with van der Waals surface area (Å²) in [7, 11) is -3.15. The first-order valence-electron chi connectivity index (χ1n) is 6.19. The van der Waals surface area contributed by atoms with E-state index in [1.165, 1.54) is 6.26 Å². The van der Waals surface area contributed by atoms with Crippen LogP contribution in [0.5, 0.6) is 0 Å². The molecule has 0 saturated heterocycles. The Kier molecular flexibility index (Phi) is 4.20. The Morgan fingerprint density at radius 2 is 1.95 bits per heavy atom. The highest BCUT2D eigenvalue weighted by Gasteiger charge is 2.10. The van der Waals surface area contributed by atoms with E-state index in [4.69, 9.17) is 4.52 Å². The molecule has 1 atom stereocenters. The summed E-state index contributed by atoms with van der Waals surface area (Å²) < 4.78 is 27.8. The Hall–Kier alpha value is -1.73. The minimum atomic E-state index is -3.15. The van der Waals surface area contributed by atoms with E-state index < -0.39 is 9.84 Å². The summed E-state index contributed by atoms with van der Waals surface area (Å²) in [4.78, 5) is 4.42. The molecule has 0 saturated carbocycles. The van der Waals surface area contributed by atoms with Crippen molar-refractivity contribution in [3.05, 3.63) is 41.5 Å². The normalized spacial score (nSPS) is 13.3. The van der Waals surface area contributed by atoms with Gasteiger partial charge < -0.3 is 9.84 Å². The van der Waals surface area contributed by atoms with Gasteiger partial charge in [-0.1, -0.05) is 17.3 Å². The van der Waals surface area contributed by atoms with Crippen LogP contribution in [-0.2, 0) is 16.4 Å². The van der Waals surface area contributed by atoms with Crippen LogP contribution in [0.2, 0.25) is 0 Å². The van der Waals surface area contributed by atoms with Crippen molar-refractivity contribution < 1.29 is 12.9 Å². The van der Waals surface area contributed by atoms with E-state index in [1.807, 2.05) is 6.92 Å². The van der Waals surface area contributed by atoms with Gasteiger partial charge in [0.05, 0.1) is 11.4 Å². The summed E-state index contributed by atoms with van der Waals surface area (Å²) in [6, 6.07) is 6.87. The molecule has 1 aromatic heterocycles. The van der Waals surface area contributed by atoms with Gasteiger partial charge in [-0.05, 0) is 31.5 Å². The van der Waals surface area contributed by atoms with Crippen molar-refractivity contribution in [2.75, 3.05) is 6.26 Å². The molecule has 0 amide bonds. The van der Waals surface area contributed by atoms with Gasteiger partial charge in [-0.3, -0.25) is 0 Å². The number of aryl methyl sites for hydroxylation is 1. The largest absolute Gasteiger partial charge is 0.338 e. The number of rotatable bonds is 5. The fourth-order valence-corrected chi connectivity index (χ4v) is 2.40. The maximum atomic E-state index is 11.4. The van der Waals surface area contributed by atoms with E-state index in [0.29, 0.717) is 23.2 Å². The fraction of sp³-hybridized carbons (Fsp3) is 0.385. The van der Waals surface area contributed by atoms with Crippen molar-refractivity contribution in [1.82, 2.24) is 15.5 Å². The van der Waals surface area contributed by atoms with Crippen LogP contribution in [-0.4, -0.2) is 24.8 Å². The molecule has 20 heavy (non-hydrogen) atoms. The van der Waals surface area contributed by atoms with Crippen molar-refractivity contribution >= 4 is 9.84 Å². The summed E-state index contributed by atoms with van der Waals surface area (Å²) >= 11 is 0. The molecule has 6 nitrogen and oxygen atoms in total. The molecule has 0 aliphatic heterocycles. The van der Waals surface area contributed by atoms with Crippen LogP contribution in [0.1, 0.15) is 30.2 Å². The lowest BCUT2D eigenvalue weighted by Crippen LogP contribution is -2.18. The first kappa shape index (κ1) is 14.7. The van der Waals surface area contributed by atoms with Gasteiger partial charge in [0.1, 0.15) is 0 Å². The van der Waals surface area contributed by atoms with Gasteiger partial charge in [0.2, 0.25) is 5.89 Å². The van der Waals surface area contributed by atoms with E-state index >= 15 is 0 Å². The van der Waals surface area contributed by atoms with Gasteiger partial charge in [-0.2, -0.15) is 4.98 Å². The lowest BCUT2D eigenvalue weighted by Gasteiger charge is -2.13. The molecule has 1 aromatic carbocycles. The van der Waals surface area contributed by atoms with E-state index in [1.54, 1.807) is 31.2 Å². The Morgan fingerprint density at radius 1 is 1.30 bits per heavy atom. The maximum Gasteiger partial charge on any atom is 0.240 e. The number of benzene rings is 1. The Morgan fingerprint density at radius 3 is 2.45 bits per heavy atom. The van der Waals surface area contributed by atoms with Crippen LogP contribution in [0.15, 0.2) is 33.7 Å². The summed E-state index contributed by atoms with van der Waals surface area (Å²) in [5.74, 6) is 1.13. The summed E-state index contributed by atoms with van der Waals surface area (Å²) in [6.45, 7) is 4.22. The number of nitrogens with zero attached hydrogens (tertiary/aromatic N) is 2. The number of sulfone groups is 1. The quantitative estimate of drug-likeness (QED) is 0.902. The monoisotopic (exact) mass is 295 g/mol. The van der Waals surface area contributed by atoms with Crippen molar-refractivity contribution in [2.24, 2.45) is 0 Å². The van der Waals surface area contributed by atoms with Crippen molar-refractivity contribution in [2.45, 2.75) is 31.3 Å². The number of hydrogen-bond donors (Lipinski definition) is 1. The number of aromatic nitrogens is 2. The first-order valence-corrected chi connectivity index (χ1v) is 8.08. The van der Waals surface area contributed by atoms with Gasteiger partial charge in [0.25, 0.3) is 0 Å². The Bertz CT molecular complexity index is 677. The van der Waals surface area contributed by atoms with Crippen molar-refractivity contribution in [3.63, 3.8) is 0 Å². The molecule has 2 rings (SSSR count). The topological polar surface area (TPSA) is 85.1 Å². The van der Waals surface area contributed by atoms with Gasteiger partial charge in [0.15, 0.2) is 15.7 Å². The minimum Gasteiger partial charge on any atom is -0.338 e. The molecule has 0 aliphatic rings. The third-order valence-corrected chi connectivity index (χ3v) is 4.07. The van der Waals surface area contributed by atoms with Gasteiger partial charge >= 0.3 is 0 Å². The molecule has 1 heterocycles. The molecule has 108 valence electrons. The zero-order chi connectivity index (χ0) is 14.8. The highest BCUT2D eigenvalue weighted by molar-refractivity contribution is 7.90. The highest BCUT2D eigenvalue weighted by atomic mass is 32.2. The molecule has 0 fully saturated rings. The second-order valence-corrected chi connectivity index (χ2v) is 6.69. The molecule has 0 aliphatic carbocycles. The lowest BCUT2D eigenvalue weighted by atomic mass is 10.1. The second-order valence-electron chi connectivity index (χ2n) is 4.68. The van der Waals surface area contributed by atoms with Gasteiger partial charge in [0, 0.05) is 12.3 Å². The molecule has 1 unspecified atom stereocenters. The summed E-state index contributed by atoms with van der Waals surface area (Å²) in [5, 5.41) is 6.95. The summed E-state index contributed by atoms with van der Waals surface area (Å²) in [6.07, 6.45) is 1.20. The Labute approximate surface area is 118 Å². The van der Waals surface area contributed by atoms with Crippen LogP contribution >= 0.6 is 0 Å². The zero-order valence-electron chi connectivity index (χ0n) is 11.6. The van der Waals surface area contributed by atoms with Gasteiger partial charge in [-0.15, -0.1) is 0 Å². The predicted octanol–water partition coefficient (Wildman–Crippen LogP) is 1.63. The van der Waals surface area contributed by atoms with Crippen LogP contribution in [0.25, 0.3) is 0 Å². The van der Waals surface area contributed by atoms with E-state index in [0.717, 1.165) is 5.56 Å². The second kappa shape index (κ2) is 5.72. The molecular weight excluding hydrogens is 278 g/mol. The van der Waals surface area contributed by atoms with Crippen molar-refractivity contribution in [1.29, 1.82) is 0 Å². The van der Waals surface area contributed by atoms with Crippen LogP contribution in [0.4, 0.5) is 0 Å². The Balaban J connectivity index is 2.00. The lowest BCUT2D eigenvalue weighted by molar-refractivity contribution is 0.357. The van der Waals surface area contributed by atoms with Crippen LogP contribution in [0, 0.1) is 6.92 Å². The summed E-state index contributed by atoms with van der Waals surface area (Å²) in [5.41, 5.74) is 0.994.